The van der Waals surface area contributed by atoms with Gasteiger partial charge in [-0.2, -0.15) is 0 Å². The lowest BCUT2D eigenvalue weighted by Crippen LogP contribution is -2.31. The van der Waals surface area contributed by atoms with E-state index in [1.165, 1.54) is 0 Å². The molecule has 1 rings (SSSR count). The Balaban J connectivity index is 2.83. The molecule has 5 heteroatoms. The maximum atomic E-state index is 11.1. The Morgan fingerprint density at radius 1 is 1.35 bits per heavy atom. The molecular weight excluding hydrogens is 256 g/mol. The molecule has 112 valence electrons. The van der Waals surface area contributed by atoms with Crippen LogP contribution in [0.15, 0.2) is 18.2 Å². The molecule has 1 atom stereocenters. The number of hydrogen-bond donors (Lipinski definition) is 2. The van der Waals surface area contributed by atoms with Crippen LogP contribution in [0.3, 0.4) is 0 Å². The predicted octanol–water partition coefficient (Wildman–Crippen LogP) is 1.69. The van der Waals surface area contributed by atoms with Crippen molar-refractivity contribution in [2.75, 3.05) is 13.7 Å². The quantitative estimate of drug-likeness (QED) is 0.760. The minimum Gasteiger partial charge on any atom is -0.497 e. The summed E-state index contributed by atoms with van der Waals surface area (Å²) in [6, 6.07) is 5.50. The molecule has 0 aliphatic rings. The molecule has 0 aliphatic heterocycles. The Labute approximate surface area is 120 Å². The molecular formula is C15H24N2O3. The summed E-state index contributed by atoms with van der Waals surface area (Å²) >= 11 is 0. The number of nitrogens with two attached hydrogens (primary N) is 1. The lowest BCUT2D eigenvalue weighted by atomic mass is 10.1. The number of benzene rings is 1. The van der Waals surface area contributed by atoms with Crippen molar-refractivity contribution in [2.24, 2.45) is 11.7 Å². The Hall–Kier alpha value is -1.75. The maximum Gasteiger partial charge on any atom is 0.258 e. The second-order valence-electron chi connectivity index (χ2n) is 5.16. The standard InChI is InChI=1S/C15H24N2O3/c1-10(2)8-17-9-12-7-13(19-4)5-6-14(12)20-11(3)15(16)18/h5-7,10-11,17H,8-9H2,1-4H3,(H2,16,18). The van der Waals surface area contributed by atoms with Crippen molar-refractivity contribution in [3.63, 3.8) is 0 Å². The molecule has 0 bridgehead atoms. The van der Waals surface area contributed by atoms with Gasteiger partial charge in [-0.05, 0) is 37.6 Å². The molecule has 3 N–H and O–H groups in total. The first kappa shape index (κ1) is 16.3. The molecule has 0 saturated carbocycles. The van der Waals surface area contributed by atoms with Crippen LogP contribution in [0.25, 0.3) is 0 Å². The topological polar surface area (TPSA) is 73.6 Å². The van der Waals surface area contributed by atoms with E-state index >= 15 is 0 Å². The number of nitrogens with one attached hydrogen (secondary N) is 1. The summed E-state index contributed by atoms with van der Waals surface area (Å²) in [6.45, 7) is 7.48. The molecule has 0 aliphatic carbocycles. The number of carbonyl (C=O) groups is 1. The average molecular weight is 280 g/mol. The smallest absolute Gasteiger partial charge is 0.258 e. The van der Waals surface area contributed by atoms with Gasteiger partial charge in [0.2, 0.25) is 0 Å². The number of rotatable bonds is 8. The molecule has 0 fully saturated rings. The van der Waals surface area contributed by atoms with E-state index in [1.807, 2.05) is 6.07 Å². The van der Waals surface area contributed by atoms with Crippen LogP contribution in [0.4, 0.5) is 0 Å². The number of ether oxygens (including phenoxy) is 2. The van der Waals surface area contributed by atoms with Gasteiger partial charge in [-0.1, -0.05) is 13.8 Å². The van der Waals surface area contributed by atoms with Gasteiger partial charge >= 0.3 is 0 Å². The number of hydrogen-bond acceptors (Lipinski definition) is 4. The molecule has 1 aromatic carbocycles. The van der Waals surface area contributed by atoms with Gasteiger partial charge in [0.1, 0.15) is 11.5 Å². The number of methoxy groups -OCH3 is 1. The van der Waals surface area contributed by atoms with Gasteiger partial charge in [0.15, 0.2) is 6.10 Å². The number of primary amides is 1. The van der Waals surface area contributed by atoms with Gasteiger partial charge < -0.3 is 20.5 Å². The summed E-state index contributed by atoms with van der Waals surface area (Å²) in [5.41, 5.74) is 6.17. The van der Waals surface area contributed by atoms with Crippen molar-refractivity contribution < 1.29 is 14.3 Å². The van der Waals surface area contributed by atoms with Crippen LogP contribution in [-0.2, 0) is 11.3 Å². The molecule has 5 nitrogen and oxygen atoms in total. The van der Waals surface area contributed by atoms with Crippen molar-refractivity contribution >= 4 is 5.91 Å². The van der Waals surface area contributed by atoms with Crippen LogP contribution in [0.5, 0.6) is 11.5 Å². The summed E-state index contributed by atoms with van der Waals surface area (Å²) in [5.74, 6) is 1.48. The highest BCUT2D eigenvalue weighted by Crippen LogP contribution is 2.25. The van der Waals surface area contributed by atoms with E-state index in [9.17, 15) is 4.79 Å². The van der Waals surface area contributed by atoms with E-state index < -0.39 is 12.0 Å². The molecule has 0 saturated heterocycles. The van der Waals surface area contributed by atoms with E-state index in [-0.39, 0.29) is 0 Å². The summed E-state index contributed by atoms with van der Waals surface area (Å²) in [6.07, 6.45) is -0.660. The summed E-state index contributed by atoms with van der Waals surface area (Å²) in [5, 5.41) is 3.34. The summed E-state index contributed by atoms with van der Waals surface area (Å²) < 4.78 is 10.8. The van der Waals surface area contributed by atoms with E-state index in [2.05, 4.69) is 19.2 Å². The zero-order chi connectivity index (χ0) is 15.1. The zero-order valence-electron chi connectivity index (χ0n) is 12.6. The molecule has 1 unspecified atom stereocenters. The minimum atomic E-state index is -0.660. The van der Waals surface area contributed by atoms with Crippen LogP contribution in [0.2, 0.25) is 0 Å². The van der Waals surface area contributed by atoms with E-state index in [0.29, 0.717) is 18.2 Å². The maximum absolute atomic E-state index is 11.1. The van der Waals surface area contributed by atoms with Crippen molar-refractivity contribution in [2.45, 2.75) is 33.4 Å². The number of carbonyl (C=O) groups excluding carboxylic acids is 1. The molecule has 0 radical (unpaired) electrons. The first-order valence-electron chi connectivity index (χ1n) is 6.77. The Morgan fingerprint density at radius 2 is 2.05 bits per heavy atom. The van der Waals surface area contributed by atoms with Crippen LogP contribution >= 0.6 is 0 Å². The SMILES string of the molecule is COc1ccc(OC(C)C(N)=O)c(CNCC(C)C)c1. The monoisotopic (exact) mass is 280 g/mol. The van der Waals surface area contributed by atoms with Gasteiger partial charge in [-0.3, -0.25) is 4.79 Å². The fourth-order valence-electron chi connectivity index (χ4n) is 1.68. The van der Waals surface area contributed by atoms with Crippen LogP contribution in [0, 0.1) is 5.92 Å². The summed E-state index contributed by atoms with van der Waals surface area (Å²) in [4.78, 5) is 11.1. The van der Waals surface area contributed by atoms with Crippen molar-refractivity contribution in [3.8, 4) is 11.5 Å². The van der Waals surface area contributed by atoms with E-state index in [1.54, 1.807) is 26.2 Å². The first-order chi connectivity index (χ1) is 9.43. The molecule has 1 amide bonds. The zero-order valence-corrected chi connectivity index (χ0v) is 12.6. The van der Waals surface area contributed by atoms with Gasteiger partial charge in [0.25, 0.3) is 5.91 Å². The van der Waals surface area contributed by atoms with E-state index in [0.717, 1.165) is 17.9 Å². The Morgan fingerprint density at radius 3 is 2.60 bits per heavy atom. The fourth-order valence-corrected chi connectivity index (χ4v) is 1.68. The molecule has 0 spiro atoms. The lowest BCUT2D eigenvalue weighted by Gasteiger charge is -2.17. The number of amides is 1. The first-order valence-corrected chi connectivity index (χ1v) is 6.77. The third-order valence-corrected chi connectivity index (χ3v) is 2.84. The van der Waals surface area contributed by atoms with Gasteiger partial charge in [0, 0.05) is 12.1 Å². The Bertz CT molecular complexity index is 447. The third-order valence-electron chi connectivity index (χ3n) is 2.84. The van der Waals surface area contributed by atoms with Crippen molar-refractivity contribution in [1.82, 2.24) is 5.32 Å². The molecule has 0 aromatic heterocycles. The normalized spacial score (nSPS) is 12.2. The predicted molar refractivity (Wildman–Crippen MR) is 78.8 cm³/mol. The highest BCUT2D eigenvalue weighted by molar-refractivity contribution is 5.78. The van der Waals surface area contributed by atoms with Gasteiger partial charge in [-0.15, -0.1) is 0 Å². The van der Waals surface area contributed by atoms with Crippen molar-refractivity contribution in [1.29, 1.82) is 0 Å². The second kappa shape index (κ2) is 7.75. The average Bonchev–Trinajstić information content (AvgIpc) is 2.39. The van der Waals surface area contributed by atoms with Gasteiger partial charge in [0.05, 0.1) is 7.11 Å². The lowest BCUT2D eigenvalue weighted by molar-refractivity contribution is -0.124. The van der Waals surface area contributed by atoms with Crippen LogP contribution < -0.4 is 20.5 Å². The van der Waals surface area contributed by atoms with Crippen molar-refractivity contribution in [3.05, 3.63) is 23.8 Å². The van der Waals surface area contributed by atoms with E-state index in [4.69, 9.17) is 15.2 Å². The molecule has 20 heavy (non-hydrogen) atoms. The highest BCUT2D eigenvalue weighted by atomic mass is 16.5. The van der Waals surface area contributed by atoms with Crippen LogP contribution in [0.1, 0.15) is 26.3 Å². The van der Waals surface area contributed by atoms with Crippen LogP contribution in [-0.4, -0.2) is 25.7 Å². The highest BCUT2D eigenvalue weighted by Gasteiger charge is 2.13. The second-order valence-corrected chi connectivity index (χ2v) is 5.16. The molecule has 0 heterocycles. The van der Waals surface area contributed by atoms with Gasteiger partial charge in [-0.25, -0.2) is 0 Å². The summed E-state index contributed by atoms with van der Waals surface area (Å²) in [7, 11) is 1.62. The Kier molecular flexibility index (Phi) is 6.31. The largest absolute Gasteiger partial charge is 0.497 e. The third kappa shape index (κ3) is 5.09. The fraction of sp³-hybridized carbons (Fsp3) is 0.533. The minimum absolute atomic E-state index is 0.484. The molecule has 1 aromatic rings.